The van der Waals surface area contributed by atoms with Gasteiger partial charge in [-0.3, -0.25) is 4.79 Å². The maximum absolute atomic E-state index is 11.8. The Hall–Kier alpha value is -0.610. The van der Waals surface area contributed by atoms with Crippen LogP contribution in [0.3, 0.4) is 0 Å². The molecule has 0 saturated heterocycles. The Morgan fingerprint density at radius 2 is 2.06 bits per heavy atom. The summed E-state index contributed by atoms with van der Waals surface area (Å²) in [6.07, 6.45) is 3.32. The first-order valence-corrected chi connectivity index (χ1v) is 5.98. The van der Waals surface area contributed by atoms with E-state index in [9.17, 15) is 4.79 Å². The summed E-state index contributed by atoms with van der Waals surface area (Å²) in [7, 11) is 0. The summed E-state index contributed by atoms with van der Waals surface area (Å²) in [6.45, 7) is 8.03. The van der Waals surface area contributed by atoms with Crippen LogP contribution < -0.4 is 11.1 Å². The topological polar surface area (TPSA) is 64.3 Å². The summed E-state index contributed by atoms with van der Waals surface area (Å²) in [4.78, 5) is 11.8. The van der Waals surface area contributed by atoms with E-state index in [1.165, 1.54) is 0 Å². The minimum absolute atomic E-state index is 0.0976. The third kappa shape index (κ3) is 3.46. The quantitative estimate of drug-likeness (QED) is 0.743. The summed E-state index contributed by atoms with van der Waals surface area (Å²) >= 11 is 0. The molecule has 0 aromatic heterocycles. The monoisotopic (exact) mass is 228 g/mol. The van der Waals surface area contributed by atoms with Gasteiger partial charge in [-0.25, -0.2) is 0 Å². The lowest BCUT2D eigenvalue weighted by Gasteiger charge is -2.44. The lowest BCUT2D eigenvalue weighted by molar-refractivity contribution is -0.130. The van der Waals surface area contributed by atoms with Crippen LogP contribution in [0.1, 0.15) is 47.0 Å². The second-order valence-electron chi connectivity index (χ2n) is 5.67. The summed E-state index contributed by atoms with van der Waals surface area (Å²) < 4.78 is 5.61. The number of amides is 1. The Morgan fingerprint density at radius 3 is 2.38 bits per heavy atom. The van der Waals surface area contributed by atoms with Crippen molar-refractivity contribution >= 4 is 5.91 Å². The largest absolute Gasteiger partial charge is 0.376 e. The average molecular weight is 228 g/mol. The Bertz CT molecular complexity index is 252. The number of ether oxygens (including phenoxy) is 1. The second-order valence-corrected chi connectivity index (χ2v) is 5.67. The molecule has 0 heterocycles. The minimum atomic E-state index is -0.819. The van der Waals surface area contributed by atoms with Crippen LogP contribution in [-0.2, 0) is 9.53 Å². The average Bonchev–Trinajstić information content (AvgIpc) is 2.07. The van der Waals surface area contributed by atoms with E-state index < -0.39 is 5.54 Å². The SMILES string of the molecule is CC(C)OCC1(NC(=O)C(C)(C)N)CCC1. The van der Waals surface area contributed by atoms with E-state index in [0.717, 1.165) is 19.3 Å². The van der Waals surface area contributed by atoms with E-state index in [-0.39, 0.29) is 17.6 Å². The van der Waals surface area contributed by atoms with Gasteiger partial charge in [0.2, 0.25) is 5.91 Å². The molecular weight excluding hydrogens is 204 g/mol. The molecule has 16 heavy (non-hydrogen) atoms. The van der Waals surface area contributed by atoms with Crippen molar-refractivity contribution in [3.05, 3.63) is 0 Å². The number of hydrogen-bond acceptors (Lipinski definition) is 3. The Labute approximate surface area is 97.9 Å². The van der Waals surface area contributed by atoms with E-state index in [1.807, 2.05) is 13.8 Å². The molecule has 0 radical (unpaired) electrons. The van der Waals surface area contributed by atoms with Crippen LogP contribution in [0.2, 0.25) is 0 Å². The number of nitrogens with two attached hydrogens (primary N) is 1. The molecule has 1 rings (SSSR count). The van der Waals surface area contributed by atoms with Gasteiger partial charge in [0.05, 0.1) is 23.8 Å². The van der Waals surface area contributed by atoms with E-state index in [2.05, 4.69) is 5.32 Å². The van der Waals surface area contributed by atoms with Crippen LogP contribution in [0.25, 0.3) is 0 Å². The molecule has 94 valence electrons. The van der Waals surface area contributed by atoms with Crippen molar-refractivity contribution < 1.29 is 9.53 Å². The van der Waals surface area contributed by atoms with Crippen LogP contribution in [-0.4, -0.2) is 29.7 Å². The van der Waals surface area contributed by atoms with E-state index in [4.69, 9.17) is 10.5 Å². The van der Waals surface area contributed by atoms with E-state index in [1.54, 1.807) is 13.8 Å². The molecule has 1 fully saturated rings. The number of carbonyl (C=O) groups is 1. The molecule has 0 spiro atoms. The number of hydrogen-bond donors (Lipinski definition) is 2. The zero-order valence-corrected chi connectivity index (χ0v) is 10.8. The van der Waals surface area contributed by atoms with Crippen LogP contribution in [0.5, 0.6) is 0 Å². The van der Waals surface area contributed by atoms with Gasteiger partial charge in [-0.1, -0.05) is 0 Å². The highest BCUT2D eigenvalue weighted by atomic mass is 16.5. The van der Waals surface area contributed by atoms with Crippen molar-refractivity contribution in [1.29, 1.82) is 0 Å². The first kappa shape index (κ1) is 13.5. The zero-order valence-electron chi connectivity index (χ0n) is 10.8. The molecule has 0 bridgehead atoms. The Kier molecular flexibility index (Phi) is 3.97. The number of nitrogens with one attached hydrogen (secondary N) is 1. The van der Waals surface area contributed by atoms with Gasteiger partial charge in [0, 0.05) is 0 Å². The third-order valence-electron chi connectivity index (χ3n) is 2.97. The van der Waals surface area contributed by atoms with Crippen molar-refractivity contribution in [1.82, 2.24) is 5.32 Å². The molecule has 3 N–H and O–H groups in total. The molecule has 1 amide bonds. The molecule has 1 aliphatic rings. The van der Waals surface area contributed by atoms with Crippen LogP contribution in [0, 0.1) is 0 Å². The second kappa shape index (κ2) is 4.72. The molecular formula is C12H24N2O2. The summed E-state index contributed by atoms with van der Waals surface area (Å²) in [5.74, 6) is -0.0976. The summed E-state index contributed by atoms with van der Waals surface area (Å²) in [6, 6.07) is 0. The van der Waals surface area contributed by atoms with E-state index in [0.29, 0.717) is 6.61 Å². The smallest absolute Gasteiger partial charge is 0.240 e. The van der Waals surface area contributed by atoms with Crippen LogP contribution in [0.15, 0.2) is 0 Å². The summed E-state index contributed by atoms with van der Waals surface area (Å²) in [5, 5.41) is 3.04. The molecule has 0 atom stereocenters. The predicted molar refractivity (Wildman–Crippen MR) is 64.1 cm³/mol. The molecule has 4 nitrogen and oxygen atoms in total. The number of rotatable bonds is 5. The van der Waals surface area contributed by atoms with Gasteiger partial charge < -0.3 is 15.8 Å². The molecule has 1 aliphatic carbocycles. The van der Waals surface area contributed by atoms with Crippen LogP contribution in [0.4, 0.5) is 0 Å². The van der Waals surface area contributed by atoms with Gasteiger partial charge in [-0.15, -0.1) is 0 Å². The first-order chi connectivity index (χ1) is 7.25. The molecule has 0 unspecified atom stereocenters. The minimum Gasteiger partial charge on any atom is -0.376 e. The fourth-order valence-corrected chi connectivity index (χ4v) is 1.64. The summed E-state index contributed by atoms with van der Waals surface area (Å²) in [5.41, 5.74) is 4.78. The maximum Gasteiger partial charge on any atom is 0.240 e. The van der Waals surface area contributed by atoms with Crippen LogP contribution >= 0.6 is 0 Å². The van der Waals surface area contributed by atoms with Crippen molar-refractivity contribution in [2.24, 2.45) is 5.73 Å². The van der Waals surface area contributed by atoms with Gasteiger partial charge in [-0.2, -0.15) is 0 Å². The fourth-order valence-electron chi connectivity index (χ4n) is 1.64. The predicted octanol–water partition coefficient (Wildman–Crippen LogP) is 1.19. The molecule has 0 aromatic rings. The van der Waals surface area contributed by atoms with E-state index >= 15 is 0 Å². The van der Waals surface area contributed by atoms with Crippen molar-refractivity contribution in [3.63, 3.8) is 0 Å². The molecule has 1 saturated carbocycles. The van der Waals surface area contributed by atoms with Gasteiger partial charge in [0.15, 0.2) is 0 Å². The maximum atomic E-state index is 11.8. The van der Waals surface area contributed by atoms with Gasteiger partial charge in [0.25, 0.3) is 0 Å². The fraction of sp³-hybridized carbons (Fsp3) is 0.917. The van der Waals surface area contributed by atoms with Gasteiger partial charge in [-0.05, 0) is 47.0 Å². The third-order valence-corrected chi connectivity index (χ3v) is 2.97. The molecule has 0 aromatic carbocycles. The van der Waals surface area contributed by atoms with Crippen molar-refractivity contribution in [2.75, 3.05) is 6.61 Å². The highest BCUT2D eigenvalue weighted by Gasteiger charge is 2.41. The number of carbonyl (C=O) groups excluding carboxylic acids is 1. The normalized spacial score (nSPS) is 19.4. The lowest BCUT2D eigenvalue weighted by atomic mass is 9.77. The van der Waals surface area contributed by atoms with Gasteiger partial charge >= 0.3 is 0 Å². The Balaban J connectivity index is 2.51. The molecule has 0 aliphatic heterocycles. The highest BCUT2D eigenvalue weighted by molar-refractivity contribution is 5.85. The Morgan fingerprint density at radius 1 is 1.50 bits per heavy atom. The van der Waals surface area contributed by atoms with Crippen molar-refractivity contribution in [3.8, 4) is 0 Å². The lowest BCUT2D eigenvalue weighted by Crippen LogP contribution is -2.62. The standard InChI is InChI=1S/C12H24N2O2/c1-9(2)16-8-12(6-5-7-12)14-10(15)11(3,4)13/h9H,5-8,13H2,1-4H3,(H,14,15). The highest BCUT2D eigenvalue weighted by Crippen LogP contribution is 2.32. The van der Waals surface area contributed by atoms with Crippen molar-refractivity contribution in [2.45, 2.75) is 64.1 Å². The molecule has 4 heteroatoms. The zero-order chi connectivity index (χ0) is 12.4. The first-order valence-electron chi connectivity index (χ1n) is 5.98. The van der Waals surface area contributed by atoms with Gasteiger partial charge in [0.1, 0.15) is 0 Å².